The molecule has 1 aromatic carbocycles. The van der Waals surface area contributed by atoms with Gasteiger partial charge in [0, 0.05) is 6.20 Å². The highest BCUT2D eigenvalue weighted by Crippen LogP contribution is 2.32. The number of nitrogens with zero attached hydrogens (tertiary/aromatic N) is 1. The standard InChI is InChI=1S/C16H14ClNO2/c17-15-9-8-12(10-18-15)16(19)20-14-7-3-5-11-4-1-2-6-13(11)14/h1-2,4,6,8-10,14H,3,5,7H2. The molecule has 102 valence electrons. The number of aromatic nitrogens is 1. The van der Waals surface area contributed by atoms with E-state index < -0.39 is 0 Å². The predicted octanol–water partition coefficient (Wildman–Crippen LogP) is 3.97. The molecule has 1 unspecified atom stereocenters. The number of hydrogen-bond donors (Lipinski definition) is 0. The van der Waals surface area contributed by atoms with Crippen molar-refractivity contribution in [3.63, 3.8) is 0 Å². The Hall–Kier alpha value is -1.87. The summed E-state index contributed by atoms with van der Waals surface area (Å²) in [5, 5.41) is 0.365. The minimum atomic E-state index is -0.351. The van der Waals surface area contributed by atoms with Crippen LogP contribution in [0.3, 0.4) is 0 Å². The van der Waals surface area contributed by atoms with Crippen LogP contribution in [0.1, 0.15) is 40.4 Å². The Balaban J connectivity index is 1.79. The van der Waals surface area contributed by atoms with E-state index in [-0.39, 0.29) is 12.1 Å². The molecule has 0 spiro atoms. The molecule has 0 saturated carbocycles. The van der Waals surface area contributed by atoms with E-state index >= 15 is 0 Å². The zero-order valence-electron chi connectivity index (χ0n) is 10.9. The lowest BCUT2D eigenvalue weighted by molar-refractivity contribution is 0.0256. The second-order valence-corrected chi connectivity index (χ2v) is 5.24. The van der Waals surface area contributed by atoms with E-state index in [1.807, 2.05) is 18.2 Å². The average molecular weight is 288 g/mol. The number of fused-ring (bicyclic) bond motifs is 1. The molecule has 0 amide bonds. The lowest BCUT2D eigenvalue weighted by Crippen LogP contribution is -2.17. The maximum Gasteiger partial charge on any atom is 0.340 e. The lowest BCUT2D eigenvalue weighted by Gasteiger charge is -2.25. The number of halogens is 1. The van der Waals surface area contributed by atoms with Gasteiger partial charge < -0.3 is 4.74 Å². The molecule has 1 aliphatic rings. The zero-order valence-corrected chi connectivity index (χ0v) is 11.6. The second-order valence-electron chi connectivity index (χ2n) is 4.85. The lowest BCUT2D eigenvalue weighted by atomic mass is 9.89. The Bertz CT molecular complexity index is 625. The van der Waals surface area contributed by atoms with Gasteiger partial charge in [0.15, 0.2) is 0 Å². The Morgan fingerprint density at radius 2 is 2.10 bits per heavy atom. The van der Waals surface area contributed by atoms with Crippen molar-refractivity contribution >= 4 is 17.6 Å². The molecule has 0 aliphatic heterocycles. The molecule has 2 aromatic rings. The molecule has 0 N–H and O–H groups in total. The largest absolute Gasteiger partial charge is 0.454 e. The topological polar surface area (TPSA) is 39.2 Å². The van der Waals surface area contributed by atoms with Crippen molar-refractivity contribution in [3.05, 3.63) is 64.4 Å². The van der Waals surface area contributed by atoms with E-state index in [9.17, 15) is 4.79 Å². The fourth-order valence-corrected chi connectivity index (χ4v) is 2.64. The normalized spacial score (nSPS) is 17.4. The van der Waals surface area contributed by atoms with Gasteiger partial charge in [-0.15, -0.1) is 0 Å². The molecule has 3 rings (SSSR count). The molecule has 1 aliphatic carbocycles. The fourth-order valence-electron chi connectivity index (χ4n) is 2.53. The number of aryl methyl sites for hydroxylation is 1. The molecule has 20 heavy (non-hydrogen) atoms. The predicted molar refractivity (Wildman–Crippen MR) is 76.8 cm³/mol. The first-order valence-electron chi connectivity index (χ1n) is 6.64. The van der Waals surface area contributed by atoms with E-state index in [4.69, 9.17) is 16.3 Å². The summed E-state index contributed by atoms with van der Waals surface area (Å²) >= 11 is 5.71. The van der Waals surface area contributed by atoms with Gasteiger partial charge in [0.25, 0.3) is 0 Å². The van der Waals surface area contributed by atoms with Crippen LogP contribution in [-0.2, 0) is 11.2 Å². The van der Waals surface area contributed by atoms with Gasteiger partial charge in [0.05, 0.1) is 5.56 Å². The van der Waals surface area contributed by atoms with Crippen molar-refractivity contribution in [1.29, 1.82) is 0 Å². The monoisotopic (exact) mass is 287 g/mol. The van der Waals surface area contributed by atoms with Gasteiger partial charge in [-0.3, -0.25) is 0 Å². The maximum atomic E-state index is 12.1. The number of benzene rings is 1. The third kappa shape index (κ3) is 2.68. The first kappa shape index (κ1) is 13.1. The number of carbonyl (C=O) groups is 1. The summed E-state index contributed by atoms with van der Waals surface area (Å²) in [5.74, 6) is -0.351. The zero-order chi connectivity index (χ0) is 13.9. The van der Waals surface area contributed by atoms with E-state index in [1.54, 1.807) is 12.1 Å². The molecule has 0 fully saturated rings. The SMILES string of the molecule is O=C(OC1CCCc2ccccc21)c1ccc(Cl)nc1. The quantitative estimate of drug-likeness (QED) is 0.620. The van der Waals surface area contributed by atoms with Crippen molar-refractivity contribution in [3.8, 4) is 0 Å². The van der Waals surface area contributed by atoms with E-state index in [0.29, 0.717) is 10.7 Å². The summed E-state index contributed by atoms with van der Waals surface area (Å²) in [6, 6.07) is 11.4. The summed E-state index contributed by atoms with van der Waals surface area (Å²) < 4.78 is 5.62. The highest BCUT2D eigenvalue weighted by molar-refractivity contribution is 6.29. The van der Waals surface area contributed by atoms with Gasteiger partial charge in [-0.1, -0.05) is 35.9 Å². The fraction of sp³-hybridized carbons (Fsp3) is 0.250. The summed E-state index contributed by atoms with van der Waals surface area (Å²) in [6.07, 6.45) is 4.23. The van der Waals surface area contributed by atoms with Crippen LogP contribution < -0.4 is 0 Å². The van der Waals surface area contributed by atoms with Gasteiger partial charge in [-0.2, -0.15) is 0 Å². The average Bonchev–Trinajstić information content (AvgIpc) is 2.48. The van der Waals surface area contributed by atoms with Crippen LogP contribution in [0.4, 0.5) is 0 Å². The van der Waals surface area contributed by atoms with Gasteiger partial charge in [0.1, 0.15) is 11.3 Å². The van der Waals surface area contributed by atoms with Crippen molar-refractivity contribution in [1.82, 2.24) is 4.98 Å². The molecule has 4 heteroatoms. The molecule has 0 saturated heterocycles. The molecule has 0 radical (unpaired) electrons. The number of ether oxygens (including phenoxy) is 1. The van der Waals surface area contributed by atoms with Gasteiger partial charge >= 0.3 is 5.97 Å². The second kappa shape index (κ2) is 5.63. The number of carbonyl (C=O) groups excluding carboxylic acids is 1. The molecule has 3 nitrogen and oxygen atoms in total. The van der Waals surface area contributed by atoms with Crippen molar-refractivity contribution < 1.29 is 9.53 Å². The summed E-state index contributed by atoms with van der Waals surface area (Å²) in [7, 11) is 0. The van der Waals surface area contributed by atoms with E-state index in [0.717, 1.165) is 24.8 Å². The highest BCUT2D eigenvalue weighted by Gasteiger charge is 2.23. The van der Waals surface area contributed by atoms with Crippen LogP contribution in [-0.4, -0.2) is 11.0 Å². The third-order valence-corrected chi connectivity index (χ3v) is 3.75. The van der Waals surface area contributed by atoms with E-state index in [1.165, 1.54) is 11.8 Å². The number of rotatable bonds is 2. The third-order valence-electron chi connectivity index (χ3n) is 3.53. The maximum absolute atomic E-state index is 12.1. The smallest absolute Gasteiger partial charge is 0.340 e. The van der Waals surface area contributed by atoms with Crippen molar-refractivity contribution in [2.45, 2.75) is 25.4 Å². The molecule has 1 atom stereocenters. The Morgan fingerprint density at radius 3 is 2.90 bits per heavy atom. The minimum absolute atomic E-state index is 0.164. The van der Waals surface area contributed by atoms with Gasteiger partial charge in [0.2, 0.25) is 0 Å². The van der Waals surface area contributed by atoms with Crippen LogP contribution >= 0.6 is 11.6 Å². The van der Waals surface area contributed by atoms with Crippen LogP contribution in [0.5, 0.6) is 0 Å². The minimum Gasteiger partial charge on any atom is -0.454 e. The summed E-state index contributed by atoms with van der Waals surface area (Å²) in [4.78, 5) is 16.0. The number of hydrogen-bond acceptors (Lipinski definition) is 3. The molecular weight excluding hydrogens is 274 g/mol. The van der Waals surface area contributed by atoms with Gasteiger partial charge in [-0.25, -0.2) is 9.78 Å². The number of pyridine rings is 1. The molecular formula is C16H14ClNO2. The van der Waals surface area contributed by atoms with Crippen molar-refractivity contribution in [2.75, 3.05) is 0 Å². The van der Waals surface area contributed by atoms with Gasteiger partial charge in [-0.05, 0) is 42.5 Å². The Labute approximate surface area is 122 Å². The Kier molecular flexibility index (Phi) is 3.70. The number of esters is 1. The van der Waals surface area contributed by atoms with Crippen molar-refractivity contribution in [2.24, 2.45) is 0 Å². The van der Waals surface area contributed by atoms with Crippen LogP contribution in [0.25, 0.3) is 0 Å². The summed E-state index contributed by atoms with van der Waals surface area (Å²) in [6.45, 7) is 0. The highest BCUT2D eigenvalue weighted by atomic mass is 35.5. The van der Waals surface area contributed by atoms with Crippen LogP contribution in [0.2, 0.25) is 5.15 Å². The van der Waals surface area contributed by atoms with Crippen LogP contribution in [0.15, 0.2) is 42.6 Å². The van der Waals surface area contributed by atoms with E-state index in [2.05, 4.69) is 11.1 Å². The Morgan fingerprint density at radius 1 is 1.25 bits per heavy atom. The molecule has 0 bridgehead atoms. The first-order valence-corrected chi connectivity index (χ1v) is 7.02. The molecule has 1 heterocycles. The first-order chi connectivity index (χ1) is 9.74. The molecule has 1 aromatic heterocycles. The van der Waals surface area contributed by atoms with Crippen LogP contribution in [0, 0.1) is 0 Å². The summed E-state index contributed by atoms with van der Waals surface area (Å²) in [5.41, 5.74) is 2.82.